The first-order chi connectivity index (χ1) is 18.4. The Morgan fingerprint density at radius 3 is 2.37 bits per heavy atom. The molecule has 3 aromatic carbocycles. The molecule has 0 heterocycles. The number of amides is 3. The molecule has 0 aromatic heterocycles. The molecule has 0 bridgehead atoms. The number of hydrogen-bond acceptors (Lipinski definition) is 7. The van der Waals surface area contributed by atoms with Crippen molar-refractivity contribution in [1.82, 2.24) is 5.43 Å². The standard InChI is InChI=1S/C28H30N4O6/c1-4-14-37-23-11-9-21(10-12-23)31-27(34)28(35)32-29-17-20-8-13-24(25(16-20)36-3)38-18-26(33)30-22-7-5-6-19(2)15-22/h5-13,15-17H,4,14,18H2,1-3H3,(H,30,33)(H,31,34)(H,32,35)/b29-17-. The van der Waals surface area contributed by atoms with Gasteiger partial charge in [0, 0.05) is 11.4 Å². The summed E-state index contributed by atoms with van der Waals surface area (Å²) in [7, 11) is 1.46. The van der Waals surface area contributed by atoms with E-state index in [-0.39, 0.29) is 12.5 Å². The Kier molecular flexibility index (Phi) is 10.2. The lowest BCUT2D eigenvalue weighted by atomic mass is 10.2. The lowest BCUT2D eigenvalue weighted by Gasteiger charge is -2.11. The van der Waals surface area contributed by atoms with Crippen LogP contribution in [0.1, 0.15) is 24.5 Å². The number of nitrogens with zero attached hydrogens (tertiary/aromatic N) is 1. The van der Waals surface area contributed by atoms with E-state index in [2.05, 4.69) is 21.2 Å². The summed E-state index contributed by atoms with van der Waals surface area (Å²) in [6.07, 6.45) is 2.24. The molecule has 10 heteroatoms. The molecule has 0 saturated carbocycles. The number of ether oxygens (including phenoxy) is 3. The number of hydrazone groups is 1. The van der Waals surface area contributed by atoms with E-state index in [0.717, 1.165) is 12.0 Å². The number of carbonyl (C=O) groups excluding carboxylic acids is 3. The molecule has 0 saturated heterocycles. The van der Waals surface area contributed by atoms with Crippen LogP contribution in [0.25, 0.3) is 0 Å². The number of carbonyl (C=O) groups is 3. The number of aryl methyl sites for hydroxylation is 1. The van der Waals surface area contributed by atoms with Crippen molar-refractivity contribution < 1.29 is 28.6 Å². The molecule has 0 fully saturated rings. The summed E-state index contributed by atoms with van der Waals surface area (Å²) in [5.41, 5.74) is 4.91. The topological polar surface area (TPSA) is 127 Å². The Bertz CT molecular complexity index is 1290. The summed E-state index contributed by atoms with van der Waals surface area (Å²) < 4.78 is 16.4. The van der Waals surface area contributed by atoms with Crippen LogP contribution in [0, 0.1) is 6.92 Å². The van der Waals surface area contributed by atoms with Gasteiger partial charge in [-0.25, -0.2) is 5.43 Å². The largest absolute Gasteiger partial charge is 0.494 e. The van der Waals surface area contributed by atoms with Crippen LogP contribution in [0.4, 0.5) is 11.4 Å². The smallest absolute Gasteiger partial charge is 0.329 e. The van der Waals surface area contributed by atoms with E-state index in [1.807, 2.05) is 32.0 Å². The van der Waals surface area contributed by atoms with Crippen LogP contribution in [0.15, 0.2) is 71.8 Å². The molecular formula is C28H30N4O6. The van der Waals surface area contributed by atoms with Crippen molar-refractivity contribution in [2.45, 2.75) is 20.3 Å². The number of methoxy groups -OCH3 is 1. The van der Waals surface area contributed by atoms with Gasteiger partial charge in [-0.3, -0.25) is 14.4 Å². The lowest BCUT2D eigenvalue weighted by molar-refractivity contribution is -0.136. The summed E-state index contributed by atoms with van der Waals surface area (Å²) in [6.45, 7) is 4.33. The zero-order valence-corrected chi connectivity index (χ0v) is 21.4. The first kappa shape index (κ1) is 27.7. The highest BCUT2D eigenvalue weighted by Crippen LogP contribution is 2.27. The maximum atomic E-state index is 12.2. The summed E-state index contributed by atoms with van der Waals surface area (Å²) in [4.78, 5) is 36.4. The van der Waals surface area contributed by atoms with Gasteiger partial charge in [-0.05, 0) is 79.1 Å². The minimum absolute atomic E-state index is 0.211. The lowest BCUT2D eigenvalue weighted by Crippen LogP contribution is -2.32. The van der Waals surface area contributed by atoms with Crippen molar-refractivity contribution in [3.05, 3.63) is 77.9 Å². The fourth-order valence-corrected chi connectivity index (χ4v) is 3.21. The molecule has 3 N–H and O–H groups in total. The van der Waals surface area contributed by atoms with Crippen molar-refractivity contribution in [1.29, 1.82) is 0 Å². The second kappa shape index (κ2) is 14.0. The van der Waals surface area contributed by atoms with Gasteiger partial charge in [0.05, 0.1) is 19.9 Å². The Labute approximate surface area is 221 Å². The van der Waals surface area contributed by atoms with Crippen molar-refractivity contribution in [3.8, 4) is 17.2 Å². The van der Waals surface area contributed by atoms with Gasteiger partial charge in [-0.2, -0.15) is 5.10 Å². The molecule has 0 unspecified atom stereocenters. The summed E-state index contributed by atoms with van der Waals surface area (Å²) in [5, 5.41) is 9.08. The average molecular weight is 519 g/mol. The van der Waals surface area contributed by atoms with Gasteiger partial charge >= 0.3 is 11.8 Å². The molecule has 198 valence electrons. The molecule has 0 atom stereocenters. The van der Waals surface area contributed by atoms with Gasteiger partial charge in [0.25, 0.3) is 5.91 Å². The van der Waals surface area contributed by atoms with E-state index < -0.39 is 11.8 Å². The van der Waals surface area contributed by atoms with Crippen molar-refractivity contribution in [3.63, 3.8) is 0 Å². The van der Waals surface area contributed by atoms with E-state index in [1.54, 1.807) is 48.5 Å². The zero-order valence-electron chi connectivity index (χ0n) is 21.4. The molecule has 0 aliphatic carbocycles. The molecule has 3 aromatic rings. The van der Waals surface area contributed by atoms with Crippen LogP contribution in [0.2, 0.25) is 0 Å². The molecule has 3 amide bonds. The monoisotopic (exact) mass is 518 g/mol. The highest BCUT2D eigenvalue weighted by atomic mass is 16.5. The van der Waals surface area contributed by atoms with E-state index in [9.17, 15) is 14.4 Å². The van der Waals surface area contributed by atoms with Crippen molar-refractivity contribution >= 4 is 35.3 Å². The number of rotatable bonds is 11. The highest BCUT2D eigenvalue weighted by Gasteiger charge is 2.13. The van der Waals surface area contributed by atoms with Crippen LogP contribution >= 0.6 is 0 Å². The zero-order chi connectivity index (χ0) is 27.3. The summed E-state index contributed by atoms with van der Waals surface area (Å²) in [5.74, 6) is -0.707. The van der Waals surface area contributed by atoms with Crippen molar-refractivity contribution in [2.24, 2.45) is 5.10 Å². The van der Waals surface area contributed by atoms with Crippen LogP contribution in [-0.2, 0) is 14.4 Å². The Hall–Kier alpha value is -4.86. The second-order valence-electron chi connectivity index (χ2n) is 8.14. The summed E-state index contributed by atoms with van der Waals surface area (Å²) >= 11 is 0. The Morgan fingerprint density at radius 1 is 0.868 bits per heavy atom. The van der Waals surface area contributed by atoms with E-state index >= 15 is 0 Å². The third kappa shape index (κ3) is 8.66. The van der Waals surface area contributed by atoms with Crippen LogP contribution < -0.4 is 30.3 Å². The fraction of sp³-hybridized carbons (Fsp3) is 0.214. The normalized spacial score (nSPS) is 10.5. The molecule has 0 spiro atoms. The second-order valence-corrected chi connectivity index (χ2v) is 8.14. The van der Waals surface area contributed by atoms with Gasteiger partial charge in [-0.1, -0.05) is 19.1 Å². The SMILES string of the molecule is CCCOc1ccc(NC(=O)C(=O)N/N=C\c2ccc(OCC(=O)Nc3cccc(C)c3)c(OC)c2)cc1. The Balaban J connectivity index is 1.49. The maximum absolute atomic E-state index is 12.2. The molecule has 0 aliphatic heterocycles. The Morgan fingerprint density at radius 2 is 1.66 bits per heavy atom. The van der Waals surface area contributed by atoms with Gasteiger partial charge in [0.2, 0.25) is 0 Å². The van der Waals surface area contributed by atoms with Crippen LogP contribution in [0.3, 0.4) is 0 Å². The molecule has 38 heavy (non-hydrogen) atoms. The predicted octanol–water partition coefficient (Wildman–Crippen LogP) is 3.90. The van der Waals surface area contributed by atoms with Crippen LogP contribution in [-0.4, -0.2) is 44.3 Å². The van der Waals surface area contributed by atoms with Gasteiger partial charge in [-0.15, -0.1) is 0 Å². The number of anilines is 2. The average Bonchev–Trinajstić information content (AvgIpc) is 2.91. The van der Waals surface area contributed by atoms with E-state index in [0.29, 0.717) is 40.8 Å². The number of hydrogen-bond donors (Lipinski definition) is 3. The quantitative estimate of drug-likeness (QED) is 0.201. The van der Waals surface area contributed by atoms with Gasteiger partial charge in [0.1, 0.15) is 5.75 Å². The van der Waals surface area contributed by atoms with Crippen LogP contribution in [0.5, 0.6) is 17.2 Å². The fourth-order valence-electron chi connectivity index (χ4n) is 3.21. The third-order valence-electron chi connectivity index (χ3n) is 5.02. The van der Waals surface area contributed by atoms with E-state index in [4.69, 9.17) is 14.2 Å². The molecule has 10 nitrogen and oxygen atoms in total. The number of benzene rings is 3. The minimum Gasteiger partial charge on any atom is -0.494 e. The van der Waals surface area contributed by atoms with E-state index in [1.165, 1.54) is 13.3 Å². The summed E-state index contributed by atoms with van der Waals surface area (Å²) in [6, 6.07) is 19.0. The maximum Gasteiger partial charge on any atom is 0.329 e. The molecule has 0 radical (unpaired) electrons. The predicted molar refractivity (Wildman–Crippen MR) is 145 cm³/mol. The molecular weight excluding hydrogens is 488 g/mol. The van der Waals surface area contributed by atoms with Crippen molar-refractivity contribution in [2.75, 3.05) is 31.0 Å². The van der Waals surface area contributed by atoms with Gasteiger partial charge < -0.3 is 24.8 Å². The number of nitrogens with one attached hydrogen (secondary N) is 3. The molecule has 3 rings (SSSR count). The third-order valence-corrected chi connectivity index (χ3v) is 5.02. The van der Waals surface area contributed by atoms with Gasteiger partial charge in [0.15, 0.2) is 18.1 Å². The minimum atomic E-state index is -0.931. The first-order valence-corrected chi connectivity index (χ1v) is 11.9. The molecule has 0 aliphatic rings. The highest BCUT2D eigenvalue weighted by molar-refractivity contribution is 6.39. The first-order valence-electron chi connectivity index (χ1n) is 11.9.